The standard InChI is InChI=1S/C13H16INO4/c1-3-15(7-6-12(16)17)13(18)10-5-4-9(19-2)8-11(10)14/h4-5,8H,3,6-7H2,1-2H3,(H,16,17). The van der Waals surface area contributed by atoms with Crippen LogP contribution in [0.1, 0.15) is 23.7 Å². The summed E-state index contributed by atoms with van der Waals surface area (Å²) < 4.78 is 5.88. The van der Waals surface area contributed by atoms with E-state index in [0.29, 0.717) is 17.9 Å². The quantitative estimate of drug-likeness (QED) is 0.773. The highest BCUT2D eigenvalue weighted by atomic mass is 127. The normalized spacial score (nSPS) is 10.1. The molecule has 5 nitrogen and oxygen atoms in total. The van der Waals surface area contributed by atoms with Crippen molar-refractivity contribution in [1.82, 2.24) is 4.90 Å². The molecule has 0 fully saturated rings. The second-order valence-electron chi connectivity index (χ2n) is 3.87. The van der Waals surface area contributed by atoms with Gasteiger partial charge in [0.2, 0.25) is 0 Å². The summed E-state index contributed by atoms with van der Waals surface area (Å²) in [4.78, 5) is 24.4. The van der Waals surface area contributed by atoms with Crippen LogP contribution in [0.2, 0.25) is 0 Å². The largest absolute Gasteiger partial charge is 0.497 e. The molecule has 0 bridgehead atoms. The van der Waals surface area contributed by atoms with Gasteiger partial charge in [-0.15, -0.1) is 0 Å². The van der Waals surface area contributed by atoms with Crippen molar-refractivity contribution in [3.63, 3.8) is 0 Å². The highest BCUT2D eigenvalue weighted by Crippen LogP contribution is 2.21. The zero-order valence-corrected chi connectivity index (χ0v) is 13.0. The molecule has 0 unspecified atom stereocenters. The van der Waals surface area contributed by atoms with Gasteiger partial charge < -0.3 is 14.7 Å². The fraction of sp³-hybridized carbons (Fsp3) is 0.385. The Kier molecular flexibility index (Phi) is 6.07. The third kappa shape index (κ3) is 4.38. The number of ether oxygens (including phenoxy) is 1. The van der Waals surface area contributed by atoms with Crippen molar-refractivity contribution in [2.24, 2.45) is 0 Å². The van der Waals surface area contributed by atoms with Gasteiger partial charge in [-0.1, -0.05) is 0 Å². The van der Waals surface area contributed by atoms with Crippen LogP contribution >= 0.6 is 22.6 Å². The first-order valence-electron chi connectivity index (χ1n) is 5.84. The minimum atomic E-state index is -0.907. The molecule has 0 heterocycles. The van der Waals surface area contributed by atoms with Crippen LogP contribution in [-0.4, -0.2) is 42.1 Å². The van der Waals surface area contributed by atoms with E-state index in [1.807, 2.05) is 6.92 Å². The average Bonchev–Trinajstić information content (AvgIpc) is 2.38. The molecule has 19 heavy (non-hydrogen) atoms. The third-order valence-electron chi connectivity index (χ3n) is 2.67. The minimum Gasteiger partial charge on any atom is -0.497 e. The number of carboxylic acid groups (broad SMARTS) is 1. The molecule has 104 valence electrons. The zero-order valence-electron chi connectivity index (χ0n) is 10.9. The highest BCUT2D eigenvalue weighted by molar-refractivity contribution is 14.1. The summed E-state index contributed by atoms with van der Waals surface area (Å²) in [6, 6.07) is 5.20. The van der Waals surface area contributed by atoms with Crippen LogP contribution in [-0.2, 0) is 4.79 Å². The Labute approximate surface area is 125 Å². The third-order valence-corrected chi connectivity index (χ3v) is 3.56. The number of amides is 1. The number of hydrogen-bond acceptors (Lipinski definition) is 3. The number of carboxylic acids is 1. The summed E-state index contributed by atoms with van der Waals surface area (Å²) in [6.45, 7) is 2.52. The molecule has 1 rings (SSSR count). The lowest BCUT2D eigenvalue weighted by atomic mass is 10.2. The maximum absolute atomic E-state index is 12.3. The topological polar surface area (TPSA) is 66.8 Å². The monoisotopic (exact) mass is 377 g/mol. The lowest BCUT2D eigenvalue weighted by Gasteiger charge is -2.20. The molecule has 0 spiro atoms. The fourth-order valence-electron chi connectivity index (χ4n) is 1.60. The molecule has 1 amide bonds. The van der Waals surface area contributed by atoms with Gasteiger partial charge in [0.25, 0.3) is 5.91 Å². The fourth-order valence-corrected chi connectivity index (χ4v) is 2.32. The summed E-state index contributed by atoms with van der Waals surface area (Å²) in [7, 11) is 1.57. The number of hydrogen-bond donors (Lipinski definition) is 1. The summed E-state index contributed by atoms with van der Waals surface area (Å²) in [5.41, 5.74) is 0.564. The van der Waals surface area contributed by atoms with Crippen LogP contribution in [0.25, 0.3) is 0 Å². The molecule has 0 atom stereocenters. The van der Waals surface area contributed by atoms with Crippen molar-refractivity contribution in [2.75, 3.05) is 20.2 Å². The van der Waals surface area contributed by atoms with Gasteiger partial charge in [-0.2, -0.15) is 0 Å². The van der Waals surface area contributed by atoms with Gasteiger partial charge in [0.05, 0.1) is 19.1 Å². The van der Waals surface area contributed by atoms with Crippen LogP contribution in [0, 0.1) is 3.57 Å². The molecule has 0 aliphatic rings. The maximum Gasteiger partial charge on any atom is 0.305 e. The number of carbonyl (C=O) groups excluding carboxylic acids is 1. The molecule has 1 aromatic rings. The second-order valence-corrected chi connectivity index (χ2v) is 5.04. The van der Waals surface area contributed by atoms with E-state index < -0.39 is 5.97 Å². The highest BCUT2D eigenvalue weighted by Gasteiger charge is 2.17. The first kappa shape index (κ1) is 15.7. The lowest BCUT2D eigenvalue weighted by Crippen LogP contribution is -2.33. The van der Waals surface area contributed by atoms with Gasteiger partial charge in [0.15, 0.2) is 0 Å². The predicted octanol–water partition coefficient (Wildman–Crippen LogP) is 2.24. The SMILES string of the molecule is CCN(CCC(=O)O)C(=O)c1ccc(OC)cc1I. The van der Waals surface area contributed by atoms with E-state index in [2.05, 4.69) is 22.6 Å². The Balaban J connectivity index is 2.88. The molecule has 0 aromatic heterocycles. The van der Waals surface area contributed by atoms with Crippen molar-refractivity contribution in [3.8, 4) is 5.75 Å². The van der Waals surface area contributed by atoms with Gasteiger partial charge in [-0.3, -0.25) is 9.59 Å². The minimum absolute atomic E-state index is 0.0493. The van der Waals surface area contributed by atoms with E-state index in [9.17, 15) is 9.59 Å². The van der Waals surface area contributed by atoms with Gasteiger partial charge in [-0.25, -0.2) is 0 Å². The molecular weight excluding hydrogens is 361 g/mol. The Morgan fingerprint density at radius 1 is 1.42 bits per heavy atom. The van der Waals surface area contributed by atoms with Crippen LogP contribution < -0.4 is 4.74 Å². The summed E-state index contributed by atoms with van der Waals surface area (Å²) in [6.07, 6.45) is -0.0493. The van der Waals surface area contributed by atoms with Crippen molar-refractivity contribution in [1.29, 1.82) is 0 Å². The average molecular weight is 377 g/mol. The van der Waals surface area contributed by atoms with Crippen LogP contribution in [0.15, 0.2) is 18.2 Å². The smallest absolute Gasteiger partial charge is 0.305 e. The lowest BCUT2D eigenvalue weighted by molar-refractivity contribution is -0.137. The number of benzene rings is 1. The van der Waals surface area contributed by atoms with E-state index in [1.165, 1.54) is 4.90 Å². The van der Waals surface area contributed by atoms with E-state index in [4.69, 9.17) is 9.84 Å². The summed E-state index contributed by atoms with van der Waals surface area (Å²) >= 11 is 2.07. The Morgan fingerprint density at radius 2 is 2.11 bits per heavy atom. The number of carbonyl (C=O) groups is 2. The molecule has 0 saturated heterocycles. The Morgan fingerprint density at radius 3 is 2.58 bits per heavy atom. The molecule has 6 heteroatoms. The van der Waals surface area contributed by atoms with Crippen molar-refractivity contribution in [3.05, 3.63) is 27.3 Å². The number of rotatable bonds is 6. The first-order valence-corrected chi connectivity index (χ1v) is 6.92. The second kappa shape index (κ2) is 7.32. The maximum atomic E-state index is 12.3. The molecule has 1 aromatic carbocycles. The molecular formula is C13H16INO4. The Bertz CT molecular complexity index is 476. The van der Waals surface area contributed by atoms with E-state index in [1.54, 1.807) is 25.3 Å². The Hall–Kier alpha value is -1.31. The molecule has 0 aliphatic carbocycles. The van der Waals surface area contributed by atoms with E-state index >= 15 is 0 Å². The van der Waals surface area contributed by atoms with Crippen LogP contribution in [0.3, 0.4) is 0 Å². The van der Waals surface area contributed by atoms with Crippen LogP contribution in [0.4, 0.5) is 0 Å². The number of halogens is 1. The molecule has 1 N–H and O–H groups in total. The number of methoxy groups -OCH3 is 1. The van der Waals surface area contributed by atoms with Gasteiger partial charge in [0.1, 0.15) is 5.75 Å². The van der Waals surface area contributed by atoms with Crippen LogP contribution in [0.5, 0.6) is 5.75 Å². The van der Waals surface area contributed by atoms with E-state index in [-0.39, 0.29) is 18.9 Å². The van der Waals surface area contributed by atoms with Gasteiger partial charge in [0, 0.05) is 16.7 Å². The van der Waals surface area contributed by atoms with Crippen molar-refractivity contribution < 1.29 is 19.4 Å². The van der Waals surface area contributed by atoms with E-state index in [0.717, 1.165) is 3.57 Å². The molecule has 0 aliphatic heterocycles. The van der Waals surface area contributed by atoms with Crippen molar-refractivity contribution in [2.45, 2.75) is 13.3 Å². The first-order chi connectivity index (χ1) is 8.99. The van der Waals surface area contributed by atoms with Gasteiger partial charge >= 0.3 is 5.97 Å². The number of nitrogens with zero attached hydrogens (tertiary/aromatic N) is 1. The van der Waals surface area contributed by atoms with Gasteiger partial charge in [-0.05, 0) is 47.7 Å². The summed E-state index contributed by atoms with van der Waals surface area (Å²) in [5, 5.41) is 8.68. The predicted molar refractivity (Wildman–Crippen MR) is 79.5 cm³/mol. The molecule has 0 saturated carbocycles. The van der Waals surface area contributed by atoms with Crippen molar-refractivity contribution >= 4 is 34.5 Å². The zero-order chi connectivity index (χ0) is 14.4. The molecule has 0 radical (unpaired) electrons. The number of aliphatic carboxylic acids is 1. The summed E-state index contributed by atoms with van der Waals surface area (Å²) in [5.74, 6) is -0.374.